The fourth-order valence-corrected chi connectivity index (χ4v) is 2.76. The molecule has 0 heterocycles. The number of amides is 2. The molecule has 0 atom stereocenters. The number of carbonyl (C=O) groups excluding carboxylic acids is 2. The zero-order chi connectivity index (χ0) is 22.3. The average Bonchev–Trinajstić information content (AvgIpc) is 2.66. The molecule has 0 spiro atoms. The Bertz CT molecular complexity index is 883. The maximum absolute atomic E-state index is 12.6. The minimum Gasteiger partial charge on any atom is -0.495 e. The fourth-order valence-electron chi connectivity index (χ4n) is 2.76. The molecule has 2 aromatic rings. The molecule has 9 heteroatoms. The van der Waals surface area contributed by atoms with Gasteiger partial charge in [0.2, 0.25) is 11.8 Å². The molecule has 2 rings (SSSR count). The lowest BCUT2D eigenvalue weighted by atomic mass is 10.1. The molecule has 6 nitrogen and oxygen atoms in total. The van der Waals surface area contributed by atoms with Crippen LogP contribution in [0.4, 0.5) is 18.9 Å². The predicted octanol–water partition coefficient (Wildman–Crippen LogP) is 3.21. The quantitative estimate of drug-likeness (QED) is 0.684. The van der Waals surface area contributed by atoms with Crippen LogP contribution in [-0.2, 0) is 22.3 Å². The van der Waals surface area contributed by atoms with Crippen LogP contribution >= 0.6 is 0 Å². The van der Waals surface area contributed by atoms with Crippen molar-refractivity contribution < 1.29 is 27.5 Å². The first kappa shape index (κ1) is 23.2. The Hall–Kier alpha value is -3.07. The third-order valence-corrected chi connectivity index (χ3v) is 4.22. The van der Waals surface area contributed by atoms with Gasteiger partial charge in [-0.05, 0) is 49.4 Å². The number of alkyl halides is 3. The largest absolute Gasteiger partial charge is 0.495 e. The number of hydrogen-bond acceptors (Lipinski definition) is 4. The van der Waals surface area contributed by atoms with E-state index in [1.54, 1.807) is 24.1 Å². The van der Waals surface area contributed by atoms with E-state index in [0.717, 1.165) is 17.7 Å². The highest BCUT2D eigenvalue weighted by Gasteiger charge is 2.29. The molecule has 30 heavy (non-hydrogen) atoms. The minimum absolute atomic E-state index is 0.0118. The van der Waals surface area contributed by atoms with Crippen molar-refractivity contribution in [2.45, 2.75) is 19.6 Å². The highest BCUT2D eigenvalue weighted by molar-refractivity contribution is 5.96. The zero-order valence-electron chi connectivity index (χ0n) is 17.0. The number of carbonyl (C=O) groups is 2. The summed E-state index contributed by atoms with van der Waals surface area (Å²) in [6.45, 7) is 1.94. The highest BCUT2D eigenvalue weighted by Crippen LogP contribution is 2.29. The number of nitrogens with zero attached hydrogens (tertiary/aromatic N) is 1. The predicted molar refractivity (Wildman–Crippen MR) is 107 cm³/mol. The third-order valence-electron chi connectivity index (χ3n) is 4.22. The molecule has 0 aliphatic rings. The van der Waals surface area contributed by atoms with Gasteiger partial charge in [-0.3, -0.25) is 14.5 Å². The van der Waals surface area contributed by atoms with Crippen molar-refractivity contribution in [1.29, 1.82) is 0 Å². The van der Waals surface area contributed by atoms with Crippen LogP contribution in [0.3, 0.4) is 0 Å². The number of ether oxygens (including phenoxy) is 1. The van der Waals surface area contributed by atoms with Crippen LogP contribution in [-0.4, -0.2) is 44.0 Å². The van der Waals surface area contributed by atoms with Crippen LogP contribution < -0.4 is 15.4 Å². The summed E-state index contributed by atoms with van der Waals surface area (Å²) in [5, 5.41) is 5.20. The van der Waals surface area contributed by atoms with Gasteiger partial charge in [-0.15, -0.1) is 0 Å². The minimum atomic E-state index is -4.38. The van der Waals surface area contributed by atoms with Crippen molar-refractivity contribution in [3.8, 4) is 5.75 Å². The van der Waals surface area contributed by atoms with E-state index in [1.807, 2.05) is 13.0 Å². The van der Waals surface area contributed by atoms with Gasteiger partial charge in [0, 0.05) is 6.54 Å². The molecule has 0 aliphatic carbocycles. The smallest absolute Gasteiger partial charge is 0.416 e. The molecule has 0 radical (unpaired) electrons. The van der Waals surface area contributed by atoms with Gasteiger partial charge in [-0.25, -0.2) is 0 Å². The summed E-state index contributed by atoms with van der Waals surface area (Å²) >= 11 is 0. The lowest BCUT2D eigenvalue weighted by Gasteiger charge is -2.17. The summed E-state index contributed by atoms with van der Waals surface area (Å²) in [6.07, 6.45) is -4.38. The number of benzene rings is 2. The van der Waals surface area contributed by atoms with Crippen LogP contribution in [0.25, 0.3) is 0 Å². The monoisotopic (exact) mass is 423 g/mol. The van der Waals surface area contributed by atoms with E-state index in [0.29, 0.717) is 17.0 Å². The SMILES string of the molecule is COc1ccc(C)cc1NC(=O)CNC(=O)CN(C)Cc1ccc(C(F)(F)F)cc1. The maximum Gasteiger partial charge on any atom is 0.416 e. The normalized spacial score (nSPS) is 11.3. The number of hydrogen-bond donors (Lipinski definition) is 2. The number of aryl methyl sites for hydroxylation is 1. The number of likely N-dealkylation sites (N-methyl/N-ethyl adjacent to an activating group) is 1. The molecular weight excluding hydrogens is 399 g/mol. The first-order valence-corrected chi connectivity index (χ1v) is 9.14. The molecule has 162 valence electrons. The van der Waals surface area contributed by atoms with E-state index in [9.17, 15) is 22.8 Å². The summed E-state index contributed by atoms with van der Waals surface area (Å²) in [6, 6.07) is 10.1. The van der Waals surface area contributed by atoms with Crippen molar-refractivity contribution in [2.75, 3.05) is 32.6 Å². The molecular formula is C21H24F3N3O3. The van der Waals surface area contributed by atoms with E-state index in [-0.39, 0.29) is 25.5 Å². The Morgan fingerprint density at radius 3 is 2.33 bits per heavy atom. The van der Waals surface area contributed by atoms with Crippen molar-refractivity contribution in [3.05, 3.63) is 59.2 Å². The molecule has 2 N–H and O–H groups in total. The van der Waals surface area contributed by atoms with Gasteiger partial charge in [0.15, 0.2) is 0 Å². The lowest BCUT2D eigenvalue weighted by molar-refractivity contribution is -0.137. The van der Waals surface area contributed by atoms with E-state index in [2.05, 4.69) is 10.6 Å². The van der Waals surface area contributed by atoms with Crippen molar-refractivity contribution in [1.82, 2.24) is 10.2 Å². The van der Waals surface area contributed by atoms with Gasteiger partial charge in [0.25, 0.3) is 0 Å². The third kappa shape index (κ3) is 7.07. The van der Waals surface area contributed by atoms with E-state index >= 15 is 0 Å². The number of rotatable bonds is 8. The summed E-state index contributed by atoms with van der Waals surface area (Å²) < 4.78 is 43.0. The Morgan fingerprint density at radius 2 is 1.73 bits per heavy atom. The van der Waals surface area contributed by atoms with Gasteiger partial charge < -0.3 is 15.4 Å². The van der Waals surface area contributed by atoms with Crippen molar-refractivity contribution >= 4 is 17.5 Å². The second-order valence-electron chi connectivity index (χ2n) is 6.90. The van der Waals surface area contributed by atoms with Crippen LogP contribution in [0.2, 0.25) is 0 Å². The maximum atomic E-state index is 12.6. The Morgan fingerprint density at radius 1 is 1.07 bits per heavy atom. The summed E-state index contributed by atoms with van der Waals surface area (Å²) in [5.41, 5.74) is 1.38. The summed E-state index contributed by atoms with van der Waals surface area (Å²) in [7, 11) is 3.16. The van der Waals surface area contributed by atoms with Gasteiger partial charge in [0.1, 0.15) is 5.75 Å². The van der Waals surface area contributed by atoms with Gasteiger partial charge in [-0.1, -0.05) is 18.2 Å². The Labute approximate surface area is 173 Å². The number of nitrogens with one attached hydrogen (secondary N) is 2. The zero-order valence-corrected chi connectivity index (χ0v) is 17.0. The number of halogens is 3. The standard InChI is InChI=1S/C21H24F3N3O3/c1-14-4-9-18(30-3)17(10-14)26-19(28)11-25-20(29)13-27(2)12-15-5-7-16(8-6-15)21(22,23)24/h4-10H,11-13H2,1-3H3,(H,25,29)(H,26,28). The molecule has 0 saturated heterocycles. The Kier molecular flexibility index (Phi) is 7.82. The Balaban J connectivity index is 1.80. The van der Waals surface area contributed by atoms with Gasteiger partial charge >= 0.3 is 6.18 Å². The van der Waals surface area contributed by atoms with Gasteiger partial charge in [0.05, 0.1) is 31.5 Å². The molecule has 0 aliphatic heterocycles. The van der Waals surface area contributed by atoms with Crippen molar-refractivity contribution in [2.24, 2.45) is 0 Å². The molecule has 0 unspecified atom stereocenters. The molecule has 0 bridgehead atoms. The fraction of sp³-hybridized carbons (Fsp3) is 0.333. The van der Waals surface area contributed by atoms with Crippen molar-refractivity contribution in [3.63, 3.8) is 0 Å². The van der Waals surface area contributed by atoms with Crippen LogP contribution in [0.5, 0.6) is 5.75 Å². The summed E-state index contributed by atoms with van der Waals surface area (Å²) in [5.74, 6) is -0.273. The molecule has 0 aromatic heterocycles. The molecule has 0 saturated carbocycles. The topological polar surface area (TPSA) is 70.7 Å². The second-order valence-corrected chi connectivity index (χ2v) is 6.90. The van der Waals surface area contributed by atoms with Crippen LogP contribution in [0, 0.1) is 6.92 Å². The highest BCUT2D eigenvalue weighted by atomic mass is 19.4. The van der Waals surface area contributed by atoms with Crippen LogP contribution in [0.15, 0.2) is 42.5 Å². The van der Waals surface area contributed by atoms with E-state index in [1.165, 1.54) is 19.2 Å². The van der Waals surface area contributed by atoms with Crippen LogP contribution in [0.1, 0.15) is 16.7 Å². The average molecular weight is 423 g/mol. The number of methoxy groups -OCH3 is 1. The second kappa shape index (κ2) is 10.1. The first-order valence-electron chi connectivity index (χ1n) is 9.14. The summed E-state index contributed by atoms with van der Waals surface area (Å²) in [4.78, 5) is 25.8. The molecule has 2 aromatic carbocycles. The van der Waals surface area contributed by atoms with E-state index in [4.69, 9.17) is 4.74 Å². The first-order chi connectivity index (χ1) is 14.1. The lowest BCUT2D eigenvalue weighted by Crippen LogP contribution is -2.39. The molecule has 2 amide bonds. The number of anilines is 1. The molecule has 0 fully saturated rings. The van der Waals surface area contributed by atoms with Gasteiger partial charge in [-0.2, -0.15) is 13.2 Å². The van der Waals surface area contributed by atoms with E-state index < -0.39 is 17.6 Å².